The van der Waals surface area contributed by atoms with Crippen LogP contribution in [0.4, 0.5) is 0 Å². The summed E-state index contributed by atoms with van der Waals surface area (Å²) in [4.78, 5) is 8.71. The van der Waals surface area contributed by atoms with E-state index in [-0.39, 0.29) is 0 Å². The van der Waals surface area contributed by atoms with Crippen LogP contribution in [-0.2, 0) is 0 Å². The van der Waals surface area contributed by atoms with Gasteiger partial charge in [-0.2, -0.15) is 0 Å². The maximum atomic E-state index is 10.3. The first-order valence-corrected chi connectivity index (χ1v) is 7.90. The van der Waals surface area contributed by atoms with Gasteiger partial charge in [-0.1, -0.05) is 24.9 Å². The molecule has 3 rings (SSSR count). The quantitative estimate of drug-likeness (QED) is 0.816. The summed E-state index contributed by atoms with van der Waals surface area (Å²) in [7, 11) is 0. The zero-order chi connectivity index (χ0) is 13.6. The van der Waals surface area contributed by atoms with Crippen LogP contribution in [0.15, 0.2) is 12.4 Å². The Balaban J connectivity index is 1.94. The summed E-state index contributed by atoms with van der Waals surface area (Å²) < 4.78 is 2.88. The SMILES string of the molecule is CCCC1(O)CC(c2nc(I)c3c(Cl)nccn23)C1. The van der Waals surface area contributed by atoms with Crippen LogP contribution >= 0.6 is 34.2 Å². The van der Waals surface area contributed by atoms with Crippen molar-refractivity contribution >= 4 is 39.7 Å². The van der Waals surface area contributed by atoms with Crippen LogP contribution < -0.4 is 0 Å². The maximum absolute atomic E-state index is 10.3. The van der Waals surface area contributed by atoms with Crippen molar-refractivity contribution in [1.29, 1.82) is 0 Å². The average molecular weight is 392 g/mol. The standard InChI is InChI=1S/C13H15ClIN3O/c1-2-3-13(19)6-8(7-13)12-17-11(15)9-10(14)16-4-5-18(9)12/h4-5,8,19H,2-3,6-7H2,1H3. The molecule has 0 atom stereocenters. The van der Waals surface area contributed by atoms with E-state index in [0.717, 1.165) is 40.7 Å². The molecule has 0 aliphatic heterocycles. The lowest BCUT2D eigenvalue weighted by Gasteiger charge is -2.43. The average Bonchev–Trinajstić information content (AvgIpc) is 2.65. The van der Waals surface area contributed by atoms with Gasteiger partial charge < -0.3 is 5.11 Å². The van der Waals surface area contributed by atoms with Crippen molar-refractivity contribution in [2.24, 2.45) is 0 Å². The first-order valence-electron chi connectivity index (χ1n) is 6.44. The summed E-state index contributed by atoms with van der Waals surface area (Å²) in [6, 6.07) is 0. The van der Waals surface area contributed by atoms with Crippen LogP contribution in [0.3, 0.4) is 0 Å². The van der Waals surface area contributed by atoms with Crippen molar-refractivity contribution in [2.75, 3.05) is 0 Å². The highest BCUT2D eigenvalue weighted by molar-refractivity contribution is 14.1. The highest BCUT2D eigenvalue weighted by atomic mass is 127. The van der Waals surface area contributed by atoms with E-state index in [9.17, 15) is 5.11 Å². The number of fused-ring (bicyclic) bond motifs is 1. The molecule has 4 nitrogen and oxygen atoms in total. The van der Waals surface area contributed by atoms with E-state index < -0.39 is 5.60 Å². The Morgan fingerprint density at radius 3 is 3.00 bits per heavy atom. The Kier molecular flexibility index (Phi) is 3.47. The van der Waals surface area contributed by atoms with Crippen molar-refractivity contribution in [3.63, 3.8) is 0 Å². The molecular formula is C13H15ClIN3O. The summed E-state index contributed by atoms with van der Waals surface area (Å²) in [6.45, 7) is 2.10. The lowest BCUT2D eigenvalue weighted by molar-refractivity contribution is -0.0579. The molecule has 0 amide bonds. The van der Waals surface area contributed by atoms with Gasteiger partial charge in [-0.15, -0.1) is 0 Å². The molecule has 1 aliphatic carbocycles. The van der Waals surface area contributed by atoms with E-state index in [0.29, 0.717) is 11.1 Å². The molecule has 0 bridgehead atoms. The fraction of sp³-hybridized carbons (Fsp3) is 0.538. The normalized spacial score (nSPS) is 26.6. The predicted octanol–water partition coefficient (Wildman–Crippen LogP) is 3.40. The molecule has 19 heavy (non-hydrogen) atoms. The highest BCUT2D eigenvalue weighted by Gasteiger charge is 2.44. The molecule has 2 heterocycles. The fourth-order valence-corrected chi connectivity index (χ4v) is 4.14. The summed E-state index contributed by atoms with van der Waals surface area (Å²) in [6.07, 6.45) is 7.04. The number of nitrogens with zero attached hydrogens (tertiary/aromatic N) is 3. The second-order valence-corrected chi connectivity index (χ2v) is 6.66. The van der Waals surface area contributed by atoms with Gasteiger partial charge in [0.1, 0.15) is 15.0 Å². The van der Waals surface area contributed by atoms with Crippen molar-refractivity contribution in [3.05, 3.63) is 27.1 Å². The maximum Gasteiger partial charge on any atom is 0.155 e. The van der Waals surface area contributed by atoms with Crippen LogP contribution in [0.5, 0.6) is 0 Å². The van der Waals surface area contributed by atoms with Gasteiger partial charge in [-0.3, -0.25) is 4.40 Å². The number of imidazole rings is 1. The molecule has 1 N–H and O–H groups in total. The number of halogens is 2. The second-order valence-electron chi connectivity index (χ2n) is 5.28. The lowest BCUT2D eigenvalue weighted by atomic mass is 9.68. The number of aromatic nitrogens is 3. The molecule has 0 unspecified atom stereocenters. The Bertz CT molecular complexity index is 622. The molecular weight excluding hydrogens is 377 g/mol. The summed E-state index contributed by atoms with van der Waals surface area (Å²) >= 11 is 8.31. The zero-order valence-electron chi connectivity index (χ0n) is 10.6. The molecule has 0 saturated heterocycles. The molecule has 1 fully saturated rings. The summed E-state index contributed by atoms with van der Waals surface area (Å²) in [5.74, 6) is 1.30. The Hall–Kier alpha value is -0.400. The molecule has 0 spiro atoms. The topological polar surface area (TPSA) is 50.4 Å². The van der Waals surface area contributed by atoms with Gasteiger partial charge in [-0.25, -0.2) is 9.97 Å². The van der Waals surface area contributed by atoms with Gasteiger partial charge in [0.25, 0.3) is 0 Å². The lowest BCUT2D eigenvalue weighted by Crippen LogP contribution is -2.42. The number of rotatable bonds is 3. The van der Waals surface area contributed by atoms with E-state index in [2.05, 4.69) is 39.5 Å². The van der Waals surface area contributed by atoms with Gasteiger partial charge in [0.05, 0.1) is 5.60 Å². The van der Waals surface area contributed by atoms with Crippen LogP contribution in [0.25, 0.3) is 5.52 Å². The second kappa shape index (κ2) is 4.86. The minimum atomic E-state index is -0.493. The van der Waals surface area contributed by atoms with E-state index in [4.69, 9.17) is 11.6 Å². The van der Waals surface area contributed by atoms with Crippen molar-refractivity contribution in [1.82, 2.24) is 14.4 Å². The van der Waals surface area contributed by atoms with E-state index in [1.807, 2.05) is 10.6 Å². The molecule has 0 aromatic carbocycles. The molecule has 2 aromatic rings. The minimum absolute atomic E-state index is 0.311. The van der Waals surface area contributed by atoms with Crippen molar-refractivity contribution in [2.45, 2.75) is 44.1 Å². The predicted molar refractivity (Wildman–Crippen MR) is 82.5 cm³/mol. The van der Waals surface area contributed by atoms with Gasteiger partial charge in [0, 0.05) is 18.3 Å². The Morgan fingerprint density at radius 1 is 1.58 bits per heavy atom. The van der Waals surface area contributed by atoms with Gasteiger partial charge >= 0.3 is 0 Å². The van der Waals surface area contributed by atoms with E-state index in [1.54, 1.807) is 6.20 Å². The smallest absolute Gasteiger partial charge is 0.155 e. The third kappa shape index (κ3) is 2.25. The first kappa shape index (κ1) is 13.6. The van der Waals surface area contributed by atoms with Crippen LogP contribution in [0.2, 0.25) is 5.15 Å². The molecule has 6 heteroatoms. The monoisotopic (exact) mass is 391 g/mol. The van der Waals surface area contributed by atoms with Crippen LogP contribution in [0, 0.1) is 3.70 Å². The highest BCUT2D eigenvalue weighted by Crippen LogP contribution is 2.47. The third-order valence-corrected chi connectivity index (χ3v) is 4.86. The van der Waals surface area contributed by atoms with E-state index in [1.165, 1.54) is 0 Å². The zero-order valence-corrected chi connectivity index (χ0v) is 13.5. The Morgan fingerprint density at radius 2 is 2.32 bits per heavy atom. The van der Waals surface area contributed by atoms with Gasteiger partial charge in [0.15, 0.2) is 5.15 Å². The molecule has 2 aromatic heterocycles. The number of hydrogen-bond acceptors (Lipinski definition) is 3. The number of hydrogen-bond donors (Lipinski definition) is 1. The van der Waals surface area contributed by atoms with Gasteiger partial charge in [-0.05, 0) is 41.9 Å². The molecule has 102 valence electrons. The molecule has 1 aliphatic rings. The fourth-order valence-electron chi connectivity index (χ4n) is 2.98. The third-order valence-electron chi connectivity index (χ3n) is 3.83. The van der Waals surface area contributed by atoms with E-state index >= 15 is 0 Å². The Labute approximate surface area is 130 Å². The minimum Gasteiger partial charge on any atom is -0.390 e. The van der Waals surface area contributed by atoms with Crippen molar-refractivity contribution in [3.8, 4) is 0 Å². The van der Waals surface area contributed by atoms with Crippen LogP contribution in [-0.4, -0.2) is 25.1 Å². The number of aliphatic hydroxyl groups is 1. The van der Waals surface area contributed by atoms with Crippen molar-refractivity contribution < 1.29 is 5.11 Å². The summed E-state index contributed by atoms with van der Waals surface area (Å²) in [5.41, 5.74) is 0.374. The van der Waals surface area contributed by atoms with Crippen LogP contribution in [0.1, 0.15) is 44.3 Å². The largest absolute Gasteiger partial charge is 0.390 e. The first-order chi connectivity index (χ1) is 9.04. The summed E-state index contributed by atoms with van der Waals surface area (Å²) in [5, 5.41) is 10.8. The molecule has 1 saturated carbocycles. The van der Waals surface area contributed by atoms with Gasteiger partial charge in [0.2, 0.25) is 0 Å². The molecule has 0 radical (unpaired) electrons.